The van der Waals surface area contributed by atoms with E-state index in [2.05, 4.69) is 41.4 Å². The zero-order valence-electron chi connectivity index (χ0n) is 13.4. The minimum atomic E-state index is -0.524. The zero-order chi connectivity index (χ0) is 17.0. The Morgan fingerprint density at radius 3 is 2.83 bits per heavy atom. The van der Waals surface area contributed by atoms with Gasteiger partial charge in [0.1, 0.15) is 12.4 Å². The van der Waals surface area contributed by atoms with Crippen molar-refractivity contribution in [2.75, 3.05) is 5.32 Å². The Hall–Kier alpha value is -2.71. The van der Waals surface area contributed by atoms with Crippen LogP contribution in [0.4, 0.5) is 11.5 Å². The number of rotatable bonds is 6. The summed E-state index contributed by atoms with van der Waals surface area (Å²) in [4.78, 5) is 21.9. The van der Waals surface area contributed by atoms with E-state index in [1.54, 1.807) is 0 Å². The molecule has 0 spiro atoms. The topological polar surface area (TPSA) is 119 Å². The Bertz CT molecular complexity index is 697. The van der Waals surface area contributed by atoms with E-state index in [0.717, 1.165) is 18.3 Å². The van der Waals surface area contributed by atoms with Crippen molar-refractivity contribution < 1.29 is 9.72 Å². The molecular weight excluding hydrogens is 300 g/mol. The summed E-state index contributed by atoms with van der Waals surface area (Å²) in [5, 5.41) is 24.0. The summed E-state index contributed by atoms with van der Waals surface area (Å²) in [5.74, 6) is 0.248. The molecule has 0 aliphatic heterocycles. The quantitative estimate of drug-likeness (QED) is 0.624. The van der Waals surface area contributed by atoms with Crippen molar-refractivity contribution >= 4 is 17.4 Å². The molecule has 0 aliphatic rings. The number of aryl methyl sites for hydroxylation is 1. The highest BCUT2D eigenvalue weighted by atomic mass is 16.6. The number of hydrogen-bond acceptors (Lipinski definition) is 5. The van der Waals surface area contributed by atoms with E-state index in [1.807, 2.05) is 6.07 Å². The van der Waals surface area contributed by atoms with Crippen LogP contribution in [0, 0.1) is 15.5 Å². The molecule has 0 aromatic carbocycles. The third-order valence-electron chi connectivity index (χ3n) is 3.02. The lowest BCUT2D eigenvalue weighted by atomic mass is 9.91. The fourth-order valence-electron chi connectivity index (χ4n) is 2.08. The molecule has 124 valence electrons. The Morgan fingerprint density at radius 2 is 2.22 bits per heavy atom. The predicted octanol–water partition coefficient (Wildman–Crippen LogP) is 2.13. The van der Waals surface area contributed by atoms with E-state index in [4.69, 9.17) is 0 Å². The lowest BCUT2D eigenvalue weighted by Crippen LogP contribution is -2.15. The number of anilines is 1. The van der Waals surface area contributed by atoms with Crippen LogP contribution in [0.3, 0.4) is 0 Å². The maximum Gasteiger partial charge on any atom is 0.306 e. The van der Waals surface area contributed by atoms with Crippen LogP contribution in [0.2, 0.25) is 0 Å². The second-order valence-electron chi connectivity index (χ2n) is 6.53. The van der Waals surface area contributed by atoms with E-state index >= 15 is 0 Å². The van der Waals surface area contributed by atoms with Crippen molar-refractivity contribution in [3.63, 3.8) is 0 Å². The average molecular weight is 320 g/mol. The van der Waals surface area contributed by atoms with Crippen molar-refractivity contribution in [2.45, 2.75) is 40.2 Å². The van der Waals surface area contributed by atoms with Gasteiger partial charge in [-0.3, -0.25) is 24.7 Å². The smallest absolute Gasteiger partial charge is 0.306 e. The van der Waals surface area contributed by atoms with Crippen LogP contribution in [0.15, 0.2) is 18.5 Å². The number of nitrogens with one attached hydrogen (secondary N) is 2. The van der Waals surface area contributed by atoms with E-state index in [9.17, 15) is 14.9 Å². The van der Waals surface area contributed by atoms with E-state index in [0.29, 0.717) is 5.82 Å². The van der Waals surface area contributed by atoms with E-state index < -0.39 is 4.92 Å². The largest absolute Gasteiger partial charge is 0.309 e. The third-order valence-corrected chi connectivity index (χ3v) is 3.02. The summed E-state index contributed by atoms with van der Waals surface area (Å²) < 4.78 is 1.37. The van der Waals surface area contributed by atoms with E-state index in [-0.39, 0.29) is 30.0 Å². The average Bonchev–Trinajstić information content (AvgIpc) is 3.04. The van der Waals surface area contributed by atoms with Gasteiger partial charge < -0.3 is 5.32 Å². The number of aromatic nitrogens is 4. The number of nitro groups is 1. The molecule has 0 fully saturated rings. The molecule has 0 saturated heterocycles. The molecule has 2 heterocycles. The van der Waals surface area contributed by atoms with Crippen molar-refractivity contribution in [3.8, 4) is 0 Å². The molecule has 0 bridgehead atoms. The standard InChI is InChI=1S/C14H20N6O3/c1-14(2,3)7-10-6-12(18-17-10)16-13(21)4-5-19-9-11(8-15-19)20(22)23/h6,8-9H,4-5,7H2,1-3H3,(H2,16,17,18,21). The van der Waals surface area contributed by atoms with Crippen LogP contribution >= 0.6 is 0 Å². The van der Waals surface area contributed by atoms with Gasteiger partial charge in [0.15, 0.2) is 5.82 Å². The fourth-order valence-corrected chi connectivity index (χ4v) is 2.08. The Labute approximate surface area is 133 Å². The molecule has 2 N–H and O–H groups in total. The summed E-state index contributed by atoms with van der Waals surface area (Å²) in [6, 6.07) is 1.81. The van der Waals surface area contributed by atoms with Crippen molar-refractivity contribution in [2.24, 2.45) is 5.41 Å². The van der Waals surface area contributed by atoms with Crippen LogP contribution in [0.1, 0.15) is 32.9 Å². The third kappa shape index (κ3) is 5.20. The first-order valence-corrected chi connectivity index (χ1v) is 7.24. The second kappa shape index (κ2) is 6.59. The predicted molar refractivity (Wildman–Crippen MR) is 83.9 cm³/mol. The Kier molecular flexibility index (Phi) is 4.77. The van der Waals surface area contributed by atoms with Crippen LogP contribution in [0.25, 0.3) is 0 Å². The summed E-state index contributed by atoms with van der Waals surface area (Å²) in [7, 11) is 0. The SMILES string of the molecule is CC(C)(C)Cc1cc(NC(=O)CCn2cc([N+](=O)[O-])cn2)n[nH]1. The number of carbonyl (C=O) groups is 1. The minimum Gasteiger partial charge on any atom is -0.309 e. The second-order valence-corrected chi connectivity index (χ2v) is 6.53. The number of aromatic amines is 1. The summed E-state index contributed by atoms with van der Waals surface area (Å²) in [6.07, 6.45) is 3.43. The monoisotopic (exact) mass is 320 g/mol. The van der Waals surface area contributed by atoms with Gasteiger partial charge in [0, 0.05) is 24.7 Å². The number of H-pyrrole nitrogens is 1. The van der Waals surface area contributed by atoms with Crippen LogP contribution < -0.4 is 5.32 Å². The summed E-state index contributed by atoms with van der Waals surface area (Å²) >= 11 is 0. The number of carbonyl (C=O) groups excluding carboxylic acids is 1. The van der Waals surface area contributed by atoms with Gasteiger partial charge in [-0.2, -0.15) is 10.2 Å². The highest BCUT2D eigenvalue weighted by Crippen LogP contribution is 2.20. The summed E-state index contributed by atoms with van der Waals surface area (Å²) in [6.45, 7) is 6.62. The van der Waals surface area contributed by atoms with Gasteiger partial charge in [-0.1, -0.05) is 20.8 Å². The molecule has 9 heteroatoms. The highest BCUT2D eigenvalue weighted by Gasteiger charge is 2.14. The summed E-state index contributed by atoms with van der Waals surface area (Å²) in [5.41, 5.74) is 0.989. The minimum absolute atomic E-state index is 0.0930. The fraction of sp³-hybridized carbons (Fsp3) is 0.500. The maximum atomic E-state index is 11.9. The normalized spacial score (nSPS) is 11.4. The van der Waals surface area contributed by atoms with Crippen molar-refractivity contribution in [1.29, 1.82) is 0 Å². The van der Waals surface area contributed by atoms with Gasteiger partial charge in [0.25, 0.3) is 0 Å². The molecule has 0 atom stereocenters. The lowest BCUT2D eigenvalue weighted by Gasteiger charge is -2.15. The first-order valence-electron chi connectivity index (χ1n) is 7.24. The number of amides is 1. The van der Waals surface area contributed by atoms with Gasteiger partial charge in [-0.05, 0) is 11.8 Å². The first kappa shape index (κ1) is 16.7. The van der Waals surface area contributed by atoms with Crippen molar-refractivity contribution in [1.82, 2.24) is 20.0 Å². The molecule has 2 rings (SSSR count). The maximum absolute atomic E-state index is 11.9. The van der Waals surface area contributed by atoms with Gasteiger partial charge >= 0.3 is 5.69 Å². The molecule has 9 nitrogen and oxygen atoms in total. The molecule has 23 heavy (non-hydrogen) atoms. The molecular formula is C14H20N6O3. The first-order chi connectivity index (χ1) is 10.7. The van der Waals surface area contributed by atoms with Crippen molar-refractivity contribution in [3.05, 3.63) is 34.3 Å². The molecule has 0 aliphatic carbocycles. The molecule has 1 amide bonds. The Balaban J connectivity index is 1.83. The van der Waals surface area contributed by atoms with Gasteiger partial charge in [0.05, 0.1) is 4.92 Å². The van der Waals surface area contributed by atoms with Crippen LogP contribution in [-0.2, 0) is 17.8 Å². The lowest BCUT2D eigenvalue weighted by molar-refractivity contribution is -0.385. The van der Waals surface area contributed by atoms with Crippen LogP contribution in [-0.4, -0.2) is 30.8 Å². The number of hydrogen-bond donors (Lipinski definition) is 2. The highest BCUT2D eigenvalue weighted by molar-refractivity contribution is 5.89. The molecule has 0 saturated carbocycles. The molecule has 0 unspecified atom stereocenters. The van der Waals surface area contributed by atoms with Gasteiger partial charge in [0.2, 0.25) is 5.91 Å². The number of nitrogens with zero attached hydrogens (tertiary/aromatic N) is 4. The molecule has 0 radical (unpaired) electrons. The zero-order valence-corrected chi connectivity index (χ0v) is 13.4. The molecule has 2 aromatic rings. The molecule has 2 aromatic heterocycles. The van der Waals surface area contributed by atoms with Gasteiger partial charge in [-0.15, -0.1) is 0 Å². The van der Waals surface area contributed by atoms with Crippen LogP contribution in [0.5, 0.6) is 0 Å². The van der Waals surface area contributed by atoms with Gasteiger partial charge in [-0.25, -0.2) is 0 Å². The Morgan fingerprint density at radius 1 is 1.48 bits per heavy atom. The van der Waals surface area contributed by atoms with E-state index in [1.165, 1.54) is 10.9 Å².